The molecule has 0 saturated heterocycles. The molecule has 2 rings (SSSR count). The monoisotopic (exact) mass is 476 g/mol. The van der Waals surface area contributed by atoms with Gasteiger partial charge in [-0.1, -0.05) is 125 Å². The molecule has 0 aliphatic heterocycles. The highest BCUT2D eigenvalue weighted by molar-refractivity contribution is 5.81. The van der Waals surface area contributed by atoms with E-state index < -0.39 is 0 Å². The Labute approximate surface area is 213 Å². The van der Waals surface area contributed by atoms with Crippen LogP contribution in [0.2, 0.25) is 0 Å². The molecule has 0 aromatic carbocycles. The average molecular weight is 477 g/mol. The summed E-state index contributed by atoms with van der Waals surface area (Å²) in [5.74, 6) is 2.84. The lowest BCUT2D eigenvalue weighted by Crippen LogP contribution is -2.22. The van der Waals surface area contributed by atoms with Gasteiger partial charge < -0.3 is 0 Å². The van der Waals surface area contributed by atoms with Gasteiger partial charge in [0.1, 0.15) is 11.6 Å². The molecule has 2 saturated carbocycles. The van der Waals surface area contributed by atoms with Crippen LogP contribution in [0.3, 0.4) is 0 Å². The number of carbonyl (C=O) groups excluding carboxylic acids is 2. The van der Waals surface area contributed by atoms with Gasteiger partial charge in [0.2, 0.25) is 0 Å². The van der Waals surface area contributed by atoms with Gasteiger partial charge in [0.25, 0.3) is 0 Å². The van der Waals surface area contributed by atoms with Crippen molar-refractivity contribution in [2.75, 3.05) is 0 Å². The number of rotatable bonds is 6. The van der Waals surface area contributed by atoms with Crippen molar-refractivity contribution >= 4 is 11.6 Å². The molecule has 2 nitrogen and oxygen atoms in total. The molecule has 0 heterocycles. The number of ketones is 2. The number of Topliss-reactive ketones (excluding diaryl/α,β-unsaturated/α-hetero) is 2. The first-order valence-corrected chi connectivity index (χ1v) is 15.3. The summed E-state index contributed by atoms with van der Waals surface area (Å²) in [6.07, 6.45) is 25.7. The second-order valence-electron chi connectivity index (χ2n) is 12.5. The lowest BCUT2D eigenvalue weighted by molar-refractivity contribution is -0.124. The van der Waals surface area contributed by atoms with Crippen molar-refractivity contribution < 1.29 is 9.59 Å². The zero-order chi connectivity index (χ0) is 25.2. The molecule has 2 fully saturated rings. The summed E-state index contributed by atoms with van der Waals surface area (Å²) in [5, 5.41) is 0. The maximum atomic E-state index is 11.7. The van der Waals surface area contributed by atoms with Crippen LogP contribution in [-0.2, 0) is 9.59 Å². The molecule has 0 bridgehead atoms. The summed E-state index contributed by atoms with van der Waals surface area (Å²) in [6, 6.07) is 0. The highest BCUT2D eigenvalue weighted by Crippen LogP contribution is 2.34. The Balaban J connectivity index is 0.000000340. The molecule has 2 aliphatic rings. The SMILES string of the molecule is CC1CCCCCCCCCCCCC(=O)C1.CCC(C)(C)C(C)CCCC1CCCCC1=O. The van der Waals surface area contributed by atoms with E-state index in [1.807, 2.05) is 0 Å². The highest BCUT2D eigenvalue weighted by Gasteiger charge is 2.25. The van der Waals surface area contributed by atoms with Gasteiger partial charge >= 0.3 is 0 Å². The lowest BCUT2D eigenvalue weighted by atomic mass is 9.74. The van der Waals surface area contributed by atoms with Crippen molar-refractivity contribution in [3.05, 3.63) is 0 Å². The van der Waals surface area contributed by atoms with Crippen molar-refractivity contribution in [2.45, 2.75) is 169 Å². The zero-order valence-electron chi connectivity index (χ0n) is 23.9. The summed E-state index contributed by atoms with van der Waals surface area (Å²) >= 11 is 0. The van der Waals surface area contributed by atoms with E-state index in [4.69, 9.17) is 0 Å². The standard InChI is InChI=1S/2C16H30O/c1-5-16(3,4)13(2)9-8-11-14-10-6-7-12-15(14)17;1-15-12-10-8-6-4-2-3-5-7-9-11-13-16(17)14-15/h13-14H,5-12H2,1-4H3;15H,2-14H2,1H3. The van der Waals surface area contributed by atoms with Crippen LogP contribution < -0.4 is 0 Å². The maximum absolute atomic E-state index is 11.7. The molecule has 200 valence electrons. The molecule has 0 spiro atoms. The van der Waals surface area contributed by atoms with Crippen molar-refractivity contribution in [3.8, 4) is 0 Å². The third-order valence-corrected chi connectivity index (χ3v) is 9.09. The van der Waals surface area contributed by atoms with E-state index in [-0.39, 0.29) is 0 Å². The van der Waals surface area contributed by atoms with E-state index >= 15 is 0 Å². The van der Waals surface area contributed by atoms with Crippen LogP contribution in [-0.4, -0.2) is 11.6 Å². The topological polar surface area (TPSA) is 34.1 Å². The van der Waals surface area contributed by atoms with Gasteiger partial charge in [0.05, 0.1) is 0 Å². The third-order valence-electron chi connectivity index (χ3n) is 9.09. The lowest BCUT2D eigenvalue weighted by Gasteiger charge is -2.31. The minimum absolute atomic E-state index is 0.403. The molecule has 3 atom stereocenters. The summed E-state index contributed by atoms with van der Waals surface area (Å²) in [7, 11) is 0. The minimum atomic E-state index is 0.403. The molecule has 2 aliphatic carbocycles. The van der Waals surface area contributed by atoms with E-state index in [0.29, 0.717) is 28.8 Å². The first kappa shape index (κ1) is 31.4. The van der Waals surface area contributed by atoms with Gasteiger partial charge in [-0.15, -0.1) is 0 Å². The van der Waals surface area contributed by atoms with E-state index in [1.54, 1.807) is 0 Å². The maximum Gasteiger partial charge on any atom is 0.135 e. The summed E-state index contributed by atoms with van der Waals surface area (Å²) in [6.45, 7) is 11.6. The van der Waals surface area contributed by atoms with Crippen molar-refractivity contribution in [1.29, 1.82) is 0 Å². The Hall–Kier alpha value is -0.660. The molecule has 0 aromatic rings. The molecule has 34 heavy (non-hydrogen) atoms. The van der Waals surface area contributed by atoms with E-state index in [1.165, 1.54) is 89.9 Å². The largest absolute Gasteiger partial charge is 0.300 e. The van der Waals surface area contributed by atoms with Gasteiger partial charge in [-0.05, 0) is 42.9 Å². The molecule has 0 radical (unpaired) electrons. The van der Waals surface area contributed by atoms with E-state index in [0.717, 1.165) is 50.9 Å². The molecule has 0 amide bonds. The van der Waals surface area contributed by atoms with Crippen molar-refractivity contribution in [2.24, 2.45) is 23.2 Å². The van der Waals surface area contributed by atoms with Crippen LogP contribution in [0.15, 0.2) is 0 Å². The fourth-order valence-electron chi connectivity index (χ4n) is 5.59. The van der Waals surface area contributed by atoms with Gasteiger partial charge in [-0.2, -0.15) is 0 Å². The Kier molecular flexibility index (Phi) is 17.1. The number of hydrogen-bond donors (Lipinski definition) is 0. The second kappa shape index (κ2) is 18.6. The van der Waals surface area contributed by atoms with Crippen LogP contribution in [0.5, 0.6) is 0 Å². The van der Waals surface area contributed by atoms with E-state index in [2.05, 4.69) is 34.6 Å². The predicted molar refractivity (Wildman–Crippen MR) is 148 cm³/mol. The third kappa shape index (κ3) is 14.7. The Morgan fingerprint density at radius 2 is 1.32 bits per heavy atom. The van der Waals surface area contributed by atoms with Crippen molar-refractivity contribution in [1.82, 2.24) is 0 Å². The van der Waals surface area contributed by atoms with Gasteiger partial charge in [0.15, 0.2) is 0 Å². The summed E-state index contributed by atoms with van der Waals surface area (Å²) < 4.78 is 0. The van der Waals surface area contributed by atoms with Crippen LogP contribution in [0, 0.1) is 23.2 Å². The smallest absolute Gasteiger partial charge is 0.135 e. The quantitative estimate of drug-likeness (QED) is 0.382. The predicted octanol–water partition coefficient (Wildman–Crippen LogP) is 10.3. The zero-order valence-corrected chi connectivity index (χ0v) is 23.9. The van der Waals surface area contributed by atoms with Crippen LogP contribution in [0.1, 0.15) is 169 Å². The second-order valence-corrected chi connectivity index (χ2v) is 12.5. The first-order chi connectivity index (χ1) is 16.3. The first-order valence-electron chi connectivity index (χ1n) is 15.3. The molecule has 3 unspecified atom stereocenters. The fourth-order valence-corrected chi connectivity index (χ4v) is 5.59. The Morgan fingerprint density at radius 1 is 0.794 bits per heavy atom. The fraction of sp³-hybridized carbons (Fsp3) is 0.938. The minimum Gasteiger partial charge on any atom is -0.300 e. The number of hydrogen-bond acceptors (Lipinski definition) is 2. The normalized spacial score (nSPS) is 25.4. The van der Waals surface area contributed by atoms with Crippen LogP contribution >= 0.6 is 0 Å². The van der Waals surface area contributed by atoms with Gasteiger partial charge in [0, 0.05) is 25.2 Å². The molecule has 0 N–H and O–H groups in total. The summed E-state index contributed by atoms with van der Waals surface area (Å²) in [5.41, 5.74) is 0.455. The van der Waals surface area contributed by atoms with Crippen LogP contribution in [0.25, 0.3) is 0 Å². The Morgan fingerprint density at radius 3 is 1.91 bits per heavy atom. The van der Waals surface area contributed by atoms with Crippen molar-refractivity contribution in [3.63, 3.8) is 0 Å². The average Bonchev–Trinajstić information content (AvgIpc) is 2.81. The molecule has 2 heteroatoms. The van der Waals surface area contributed by atoms with Crippen LogP contribution in [0.4, 0.5) is 0 Å². The van der Waals surface area contributed by atoms with E-state index in [9.17, 15) is 9.59 Å². The highest BCUT2D eigenvalue weighted by atomic mass is 16.1. The summed E-state index contributed by atoms with van der Waals surface area (Å²) in [4.78, 5) is 23.5. The Bertz CT molecular complexity index is 535. The van der Waals surface area contributed by atoms with Gasteiger partial charge in [-0.3, -0.25) is 9.59 Å². The number of carbonyl (C=O) groups is 2. The molecular weight excluding hydrogens is 416 g/mol. The molecular formula is C32H60O2. The molecule has 0 aromatic heterocycles. The van der Waals surface area contributed by atoms with Gasteiger partial charge in [-0.25, -0.2) is 0 Å².